The summed E-state index contributed by atoms with van der Waals surface area (Å²) in [4.78, 5) is 25.4. The average molecular weight is 322 g/mol. The number of carbonyl (C=O) groups excluding carboxylic acids is 1. The van der Waals surface area contributed by atoms with E-state index >= 15 is 0 Å². The Morgan fingerprint density at radius 1 is 1.43 bits per heavy atom. The van der Waals surface area contributed by atoms with Gasteiger partial charge in [-0.05, 0) is 13.6 Å². The number of likely N-dealkylation sites (N-methyl/N-ethyl adjacent to an activating group) is 2. The van der Waals surface area contributed by atoms with Gasteiger partial charge in [-0.25, -0.2) is 4.98 Å². The van der Waals surface area contributed by atoms with Crippen LogP contribution in [0.4, 0.5) is 5.95 Å². The molecule has 8 heteroatoms. The van der Waals surface area contributed by atoms with Crippen molar-refractivity contribution in [1.29, 1.82) is 0 Å². The van der Waals surface area contributed by atoms with Crippen molar-refractivity contribution in [3.05, 3.63) is 11.8 Å². The Bertz CT molecular complexity index is 539. The Kier molecular flexibility index (Phi) is 6.12. The average Bonchev–Trinajstić information content (AvgIpc) is 2.74. The second kappa shape index (κ2) is 8.07. The molecule has 1 unspecified atom stereocenters. The van der Waals surface area contributed by atoms with E-state index in [0.29, 0.717) is 11.5 Å². The molecule has 23 heavy (non-hydrogen) atoms. The Morgan fingerprint density at radius 2 is 2.22 bits per heavy atom. The molecular formula is C15H26N6O2. The van der Waals surface area contributed by atoms with Crippen LogP contribution in [0, 0.1) is 0 Å². The van der Waals surface area contributed by atoms with E-state index < -0.39 is 0 Å². The predicted molar refractivity (Wildman–Crippen MR) is 89.0 cm³/mol. The van der Waals surface area contributed by atoms with Gasteiger partial charge in [-0.3, -0.25) is 4.79 Å². The van der Waals surface area contributed by atoms with E-state index in [-0.39, 0.29) is 17.8 Å². The molecule has 0 spiro atoms. The highest BCUT2D eigenvalue weighted by Gasteiger charge is 2.24. The number of nitrogens with one attached hydrogen (secondary N) is 2. The maximum atomic E-state index is 12.6. The molecule has 0 saturated carbocycles. The first kappa shape index (κ1) is 17.4. The fourth-order valence-corrected chi connectivity index (χ4v) is 2.68. The van der Waals surface area contributed by atoms with Gasteiger partial charge >= 0.3 is 0 Å². The standard InChI is InChI=1S/C15H26N6O2/c1-5-21-7-6-20(3)9-11(10-21)18-13(22)12-8-17-15(16-2)19-14(12)23-4/h8,11H,5-7,9-10H2,1-4H3,(H,18,22)(H,16,17,19). The zero-order valence-electron chi connectivity index (χ0n) is 14.3. The number of nitrogens with zero attached hydrogens (tertiary/aromatic N) is 4. The Morgan fingerprint density at radius 3 is 2.87 bits per heavy atom. The topological polar surface area (TPSA) is 82.6 Å². The largest absolute Gasteiger partial charge is 0.480 e. The molecule has 8 nitrogen and oxygen atoms in total. The number of methoxy groups -OCH3 is 1. The summed E-state index contributed by atoms with van der Waals surface area (Å²) in [6, 6.07) is 0.0589. The highest BCUT2D eigenvalue weighted by molar-refractivity contribution is 5.96. The summed E-state index contributed by atoms with van der Waals surface area (Å²) in [5.41, 5.74) is 0.349. The number of rotatable bonds is 5. The number of hydrogen-bond donors (Lipinski definition) is 2. The van der Waals surface area contributed by atoms with E-state index in [1.807, 2.05) is 0 Å². The van der Waals surface area contributed by atoms with Gasteiger partial charge < -0.3 is 25.2 Å². The second-order valence-corrected chi connectivity index (χ2v) is 5.69. The van der Waals surface area contributed by atoms with Crippen molar-refractivity contribution in [2.45, 2.75) is 13.0 Å². The maximum absolute atomic E-state index is 12.6. The molecule has 2 N–H and O–H groups in total. The molecule has 2 heterocycles. The van der Waals surface area contributed by atoms with Crippen molar-refractivity contribution in [1.82, 2.24) is 25.1 Å². The third-order valence-corrected chi connectivity index (χ3v) is 4.01. The van der Waals surface area contributed by atoms with Crippen molar-refractivity contribution >= 4 is 11.9 Å². The molecule has 1 saturated heterocycles. The summed E-state index contributed by atoms with van der Waals surface area (Å²) in [5.74, 6) is 0.488. The van der Waals surface area contributed by atoms with Gasteiger partial charge in [0.1, 0.15) is 5.56 Å². The SMILES string of the molecule is CCN1CCN(C)CC(NC(=O)c2cnc(NC)nc2OC)C1. The van der Waals surface area contributed by atoms with E-state index in [4.69, 9.17) is 4.74 Å². The van der Waals surface area contributed by atoms with E-state index in [1.54, 1.807) is 7.05 Å². The minimum Gasteiger partial charge on any atom is -0.480 e. The molecule has 1 atom stereocenters. The van der Waals surface area contributed by atoms with Crippen molar-refractivity contribution in [3.8, 4) is 5.88 Å². The quantitative estimate of drug-likeness (QED) is 0.783. The van der Waals surface area contributed by atoms with Crippen LogP contribution in [0.5, 0.6) is 5.88 Å². The van der Waals surface area contributed by atoms with Crippen LogP contribution in [0.2, 0.25) is 0 Å². The van der Waals surface area contributed by atoms with Gasteiger partial charge in [0, 0.05) is 39.4 Å². The number of amides is 1. The first-order valence-electron chi connectivity index (χ1n) is 7.87. The van der Waals surface area contributed by atoms with E-state index in [2.05, 4.69) is 44.4 Å². The molecule has 1 aromatic rings. The number of aromatic nitrogens is 2. The molecule has 0 bridgehead atoms. The summed E-state index contributed by atoms with van der Waals surface area (Å²) in [6.45, 7) is 6.79. The van der Waals surface area contributed by atoms with Gasteiger partial charge in [0.2, 0.25) is 11.8 Å². The van der Waals surface area contributed by atoms with Crippen LogP contribution >= 0.6 is 0 Å². The van der Waals surface area contributed by atoms with Crippen LogP contribution in [0.25, 0.3) is 0 Å². The molecule has 0 aliphatic carbocycles. The number of hydrogen-bond acceptors (Lipinski definition) is 7. The molecule has 1 amide bonds. The van der Waals surface area contributed by atoms with Crippen LogP contribution in [-0.2, 0) is 0 Å². The first-order chi connectivity index (χ1) is 11.1. The number of carbonyl (C=O) groups is 1. The fourth-order valence-electron chi connectivity index (χ4n) is 2.68. The Labute approximate surface area is 137 Å². The molecule has 1 aliphatic heterocycles. The van der Waals surface area contributed by atoms with Gasteiger partial charge in [-0.1, -0.05) is 6.92 Å². The number of ether oxygens (including phenoxy) is 1. The Hall–Kier alpha value is -1.93. The summed E-state index contributed by atoms with van der Waals surface area (Å²) in [7, 11) is 5.29. The summed E-state index contributed by atoms with van der Waals surface area (Å²) in [6.07, 6.45) is 1.49. The maximum Gasteiger partial charge on any atom is 0.258 e. The molecule has 128 valence electrons. The lowest BCUT2D eigenvalue weighted by Gasteiger charge is -2.23. The zero-order chi connectivity index (χ0) is 16.8. The summed E-state index contributed by atoms with van der Waals surface area (Å²) >= 11 is 0. The predicted octanol–water partition coefficient (Wildman–Crippen LogP) is -0.107. The van der Waals surface area contributed by atoms with Crippen LogP contribution < -0.4 is 15.4 Å². The number of anilines is 1. The highest BCUT2D eigenvalue weighted by atomic mass is 16.5. The van der Waals surface area contributed by atoms with Crippen LogP contribution in [-0.4, -0.2) is 85.6 Å². The van der Waals surface area contributed by atoms with E-state index in [1.165, 1.54) is 13.3 Å². The lowest BCUT2D eigenvalue weighted by atomic mass is 10.2. The Balaban J connectivity index is 2.11. The zero-order valence-corrected chi connectivity index (χ0v) is 14.3. The van der Waals surface area contributed by atoms with Crippen molar-refractivity contribution in [2.75, 3.05) is 59.2 Å². The molecule has 1 aromatic heterocycles. The molecule has 0 aromatic carbocycles. The molecule has 1 aliphatic rings. The fraction of sp³-hybridized carbons (Fsp3) is 0.667. The lowest BCUT2D eigenvalue weighted by Crippen LogP contribution is -2.46. The van der Waals surface area contributed by atoms with Gasteiger partial charge in [-0.2, -0.15) is 4.98 Å². The molecular weight excluding hydrogens is 296 g/mol. The van der Waals surface area contributed by atoms with Gasteiger partial charge in [0.15, 0.2) is 0 Å². The van der Waals surface area contributed by atoms with E-state index in [0.717, 1.165) is 32.7 Å². The molecule has 1 fully saturated rings. The smallest absolute Gasteiger partial charge is 0.258 e. The molecule has 0 radical (unpaired) electrons. The third kappa shape index (κ3) is 4.52. The normalized spacial score (nSPS) is 19.9. The summed E-state index contributed by atoms with van der Waals surface area (Å²) in [5, 5.41) is 5.91. The highest BCUT2D eigenvalue weighted by Crippen LogP contribution is 2.16. The minimum absolute atomic E-state index is 0.0589. The van der Waals surface area contributed by atoms with Gasteiger partial charge in [0.25, 0.3) is 5.91 Å². The van der Waals surface area contributed by atoms with Gasteiger partial charge in [0.05, 0.1) is 13.2 Å². The summed E-state index contributed by atoms with van der Waals surface area (Å²) < 4.78 is 5.21. The van der Waals surface area contributed by atoms with E-state index in [9.17, 15) is 4.79 Å². The third-order valence-electron chi connectivity index (χ3n) is 4.01. The van der Waals surface area contributed by atoms with Crippen LogP contribution in [0.3, 0.4) is 0 Å². The van der Waals surface area contributed by atoms with Crippen molar-refractivity contribution < 1.29 is 9.53 Å². The first-order valence-corrected chi connectivity index (χ1v) is 7.87. The van der Waals surface area contributed by atoms with Crippen LogP contribution in [0.15, 0.2) is 6.20 Å². The minimum atomic E-state index is -0.208. The lowest BCUT2D eigenvalue weighted by molar-refractivity contribution is 0.0921. The second-order valence-electron chi connectivity index (χ2n) is 5.69. The van der Waals surface area contributed by atoms with Crippen molar-refractivity contribution in [3.63, 3.8) is 0 Å². The van der Waals surface area contributed by atoms with Gasteiger partial charge in [-0.15, -0.1) is 0 Å². The molecule has 2 rings (SSSR count). The monoisotopic (exact) mass is 322 g/mol. The van der Waals surface area contributed by atoms with Crippen molar-refractivity contribution in [2.24, 2.45) is 0 Å². The van der Waals surface area contributed by atoms with Crippen LogP contribution in [0.1, 0.15) is 17.3 Å².